The van der Waals surface area contributed by atoms with Crippen LogP contribution in [-0.4, -0.2) is 79.7 Å². The molecule has 1 aromatic heterocycles. The van der Waals surface area contributed by atoms with Crippen LogP contribution in [0.5, 0.6) is 5.75 Å². The van der Waals surface area contributed by atoms with E-state index in [1.54, 1.807) is 24.6 Å². The molecule has 4 aromatic carbocycles. The first-order chi connectivity index (χ1) is 30.8. The van der Waals surface area contributed by atoms with Crippen molar-refractivity contribution in [3.05, 3.63) is 172 Å². The van der Waals surface area contributed by atoms with Crippen molar-refractivity contribution in [1.82, 2.24) is 15.2 Å². The fourth-order valence-electron chi connectivity index (χ4n) is 7.25. The lowest BCUT2D eigenvalue weighted by atomic mass is 9.77. The highest BCUT2D eigenvalue weighted by Crippen LogP contribution is 2.43. The number of fused-ring (bicyclic) bond motifs is 1. The van der Waals surface area contributed by atoms with Gasteiger partial charge in [0.2, 0.25) is 0 Å². The predicted octanol–water partition coefficient (Wildman–Crippen LogP) is 8.88. The Morgan fingerprint density at radius 2 is 1.48 bits per heavy atom. The number of nitrogens with one attached hydrogen (secondary N) is 2. The van der Waals surface area contributed by atoms with Crippen molar-refractivity contribution in [2.75, 3.05) is 31.9 Å². The van der Waals surface area contributed by atoms with E-state index in [1.807, 2.05) is 78.9 Å². The molecular formula is C49H53N5O7S2Si. The maximum absolute atomic E-state index is 14.1. The molecule has 7 rings (SSSR count). The number of methoxy groups -OCH3 is 1. The normalized spacial score (nSPS) is 16.8. The van der Waals surface area contributed by atoms with Gasteiger partial charge >= 0.3 is 5.97 Å². The Morgan fingerprint density at radius 3 is 2.03 bits per heavy atom. The van der Waals surface area contributed by atoms with Crippen molar-refractivity contribution in [3.8, 4) is 5.75 Å². The van der Waals surface area contributed by atoms with Gasteiger partial charge in [0.05, 0.1) is 13.7 Å². The molecule has 1 unspecified atom stereocenters. The first kappa shape index (κ1) is 46.0. The van der Waals surface area contributed by atoms with E-state index in [0.717, 1.165) is 22.3 Å². The van der Waals surface area contributed by atoms with Crippen LogP contribution >= 0.6 is 23.1 Å². The Kier molecular flexibility index (Phi) is 14.2. The van der Waals surface area contributed by atoms with Crippen LogP contribution in [0, 0.1) is 0 Å². The monoisotopic (exact) mass is 915 g/mol. The number of carbonyl (C=O) groups is 3. The number of nitrogens with zero attached hydrogens (tertiary/aromatic N) is 3. The summed E-state index contributed by atoms with van der Waals surface area (Å²) in [6.45, 7) is 11.2. The number of amides is 2. The first-order valence-corrected chi connectivity index (χ1v) is 25.7. The van der Waals surface area contributed by atoms with Crippen LogP contribution in [0.1, 0.15) is 48.7 Å². The average Bonchev–Trinajstić information content (AvgIpc) is 3.77. The molecule has 5 aromatic rings. The highest BCUT2D eigenvalue weighted by molar-refractivity contribution is 8.00. The molecule has 332 valence electrons. The summed E-state index contributed by atoms with van der Waals surface area (Å²) in [5.41, 5.74) is 3.77. The summed E-state index contributed by atoms with van der Waals surface area (Å²) in [5.74, 6) is -0.694. The highest BCUT2D eigenvalue weighted by Gasteiger charge is 2.54. The van der Waals surface area contributed by atoms with Crippen molar-refractivity contribution < 1.29 is 33.1 Å². The molecule has 0 bridgehead atoms. The number of carbonyl (C=O) groups excluding carboxylic acids is 3. The molecule has 0 spiro atoms. The standard InChI is InChI=1S/C49H53N5O7S2Si/c1-48(2,3)64(6,7)61-29-17-18-34-31-62-45-41(44(56)54(45)42(34)46(57)60-30-33-25-27-38(58-4)28-26-33)51-43(55)40(53-59-5)39-32-63-47(50-39)52-49(35-19-11-8-12-20-35,36-21-13-9-14-22-36)37-23-15-10-16-24-37/h8-28,32,41,45H,29-31H2,1-7H3,(H,50,52)(H,51,55)/b18-17-,53-40-/t41?,45-/m0/s1. The van der Waals surface area contributed by atoms with E-state index in [2.05, 4.69) is 86.1 Å². The van der Waals surface area contributed by atoms with Crippen molar-refractivity contribution in [1.29, 1.82) is 0 Å². The van der Waals surface area contributed by atoms with E-state index in [9.17, 15) is 14.4 Å². The number of thiazole rings is 1. The number of thioether (sulfide) groups is 1. The van der Waals surface area contributed by atoms with E-state index < -0.39 is 43.1 Å². The van der Waals surface area contributed by atoms with Crippen molar-refractivity contribution in [2.45, 2.75) is 62.5 Å². The molecule has 0 saturated carbocycles. The van der Waals surface area contributed by atoms with Crippen LogP contribution in [0.4, 0.5) is 5.13 Å². The second-order valence-corrected chi connectivity index (χ2v) is 23.5. The smallest absolute Gasteiger partial charge is 0.355 e. The lowest BCUT2D eigenvalue weighted by Crippen LogP contribution is -2.71. The number of oxime groups is 1. The van der Waals surface area contributed by atoms with Gasteiger partial charge in [0.25, 0.3) is 11.8 Å². The molecule has 1 saturated heterocycles. The zero-order valence-corrected chi connectivity index (χ0v) is 39.6. The van der Waals surface area contributed by atoms with Crippen LogP contribution in [0.2, 0.25) is 18.1 Å². The Hall–Kier alpha value is -6.00. The number of β-lactam (4-membered cyclic amide) rings is 1. The third-order valence-electron chi connectivity index (χ3n) is 11.7. The minimum atomic E-state index is -2.03. The molecule has 12 nitrogen and oxygen atoms in total. The molecule has 2 atom stereocenters. The van der Waals surface area contributed by atoms with Crippen LogP contribution in [0.25, 0.3) is 0 Å². The maximum Gasteiger partial charge on any atom is 0.355 e. The SMILES string of the molecule is CO/N=C(\C(=O)NC1C(=O)N2C(C(=O)OCc3ccc(OC)cc3)=C(/C=C\CO[Si](C)(C)C(C)(C)C)CS[C@@H]12)c1csc(NC(c2ccccc2)(c2ccccc2)c2ccccc2)n1. The number of hydrogen-bond donors (Lipinski definition) is 2. The summed E-state index contributed by atoms with van der Waals surface area (Å²) in [7, 11) is 0.895. The third-order valence-corrected chi connectivity index (χ3v) is 18.3. The van der Waals surface area contributed by atoms with Crippen LogP contribution < -0.4 is 15.4 Å². The molecule has 64 heavy (non-hydrogen) atoms. The fourth-order valence-corrected chi connectivity index (χ4v) is 10.3. The fraction of sp³-hybridized carbons (Fsp3) is 0.286. The first-order valence-electron chi connectivity index (χ1n) is 20.9. The number of ether oxygens (including phenoxy) is 2. The number of esters is 1. The van der Waals surface area contributed by atoms with E-state index in [4.69, 9.17) is 23.7 Å². The number of rotatable bonds is 17. The largest absolute Gasteiger partial charge is 0.497 e. The van der Waals surface area contributed by atoms with Crippen molar-refractivity contribution in [3.63, 3.8) is 0 Å². The van der Waals surface area contributed by atoms with Gasteiger partial charge in [-0.05, 0) is 58.1 Å². The summed E-state index contributed by atoms with van der Waals surface area (Å²) >= 11 is 2.75. The van der Waals surface area contributed by atoms with E-state index in [0.29, 0.717) is 28.8 Å². The molecule has 2 N–H and O–H groups in total. The quantitative estimate of drug-likeness (QED) is 0.0232. The van der Waals surface area contributed by atoms with Crippen molar-refractivity contribution >= 4 is 60.0 Å². The van der Waals surface area contributed by atoms with E-state index in [1.165, 1.54) is 35.1 Å². The molecule has 0 radical (unpaired) electrons. The third kappa shape index (κ3) is 9.72. The lowest BCUT2D eigenvalue weighted by Gasteiger charge is -2.49. The van der Waals surface area contributed by atoms with Gasteiger partial charge in [-0.3, -0.25) is 14.5 Å². The molecule has 1 fully saturated rings. The predicted molar refractivity (Wildman–Crippen MR) is 256 cm³/mol. The Morgan fingerprint density at radius 1 is 0.891 bits per heavy atom. The molecule has 2 aliphatic heterocycles. The second kappa shape index (κ2) is 19.8. The number of benzene rings is 4. The Balaban J connectivity index is 1.12. The summed E-state index contributed by atoms with van der Waals surface area (Å²) in [6.07, 6.45) is 3.71. The Bertz CT molecular complexity index is 2430. The summed E-state index contributed by atoms with van der Waals surface area (Å²) in [5, 5.41) is 12.4. The van der Waals surface area contributed by atoms with Crippen LogP contribution in [-0.2, 0) is 40.5 Å². The van der Waals surface area contributed by atoms with Gasteiger partial charge in [0.15, 0.2) is 19.2 Å². The number of anilines is 1. The van der Waals surface area contributed by atoms with Crippen molar-refractivity contribution in [2.24, 2.45) is 5.16 Å². The molecule has 2 amide bonds. The summed E-state index contributed by atoms with van der Waals surface area (Å²) in [6, 6.07) is 36.6. The number of aromatic nitrogens is 1. The highest BCUT2D eigenvalue weighted by atomic mass is 32.2. The van der Waals surface area contributed by atoms with E-state index >= 15 is 0 Å². The van der Waals surface area contributed by atoms with E-state index in [-0.39, 0.29) is 28.7 Å². The van der Waals surface area contributed by atoms with Gasteiger partial charge in [0.1, 0.15) is 47.8 Å². The zero-order valence-electron chi connectivity index (χ0n) is 37.0. The topological polar surface area (TPSA) is 141 Å². The number of allylic oxidation sites excluding steroid dienone is 1. The van der Waals surface area contributed by atoms with Crippen LogP contribution in [0.15, 0.2) is 149 Å². The van der Waals surface area contributed by atoms with Gasteiger partial charge in [-0.25, -0.2) is 9.78 Å². The van der Waals surface area contributed by atoms with Gasteiger partial charge in [0, 0.05) is 11.1 Å². The lowest BCUT2D eigenvalue weighted by molar-refractivity contribution is -0.153. The zero-order chi connectivity index (χ0) is 45.5. The minimum absolute atomic E-state index is 0.0116. The second-order valence-electron chi connectivity index (χ2n) is 16.8. The summed E-state index contributed by atoms with van der Waals surface area (Å²) in [4.78, 5) is 53.6. The molecular weight excluding hydrogens is 863 g/mol. The number of hydrogen-bond acceptors (Lipinski definition) is 12. The average molecular weight is 916 g/mol. The van der Waals surface area contributed by atoms with Crippen LogP contribution in [0.3, 0.4) is 0 Å². The molecule has 0 aliphatic carbocycles. The Labute approximate surface area is 383 Å². The maximum atomic E-state index is 14.1. The molecule has 2 aliphatic rings. The summed E-state index contributed by atoms with van der Waals surface area (Å²) < 4.78 is 17.4. The van der Waals surface area contributed by atoms with Gasteiger partial charge in [-0.1, -0.05) is 141 Å². The molecule has 3 heterocycles. The van der Waals surface area contributed by atoms with Gasteiger partial charge < -0.3 is 29.4 Å². The minimum Gasteiger partial charge on any atom is -0.497 e. The van der Waals surface area contributed by atoms with Gasteiger partial charge in [-0.2, -0.15) is 0 Å². The molecule has 15 heteroatoms. The van der Waals surface area contributed by atoms with Gasteiger partial charge in [-0.15, -0.1) is 23.1 Å².